The number of hydrogen-bond acceptors (Lipinski definition) is 5. The first-order chi connectivity index (χ1) is 13.1. The van der Waals surface area contributed by atoms with Crippen LogP contribution in [-0.2, 0) is 0 Å². The number of urea groups is 1. The number of likely N-dealkylation sites (N-methyl/N-ethyl adjacent to an activating group) is 1. The van der Waals surface area contributed by atoms with E-state index in [1.54, 1.807) is 28.6 Å². The molecule has 138 valence electrons. The van der Waals surface area contributed by atoms with E-state index in [0.29, 0.717) is 25.2 Å². The number of carbonyl (C=O) groups excluding carboxylic acids is 2. The van der Waals surface area contributed by atoms with Gasteiger partial charge in [0.2, 0.25) is 0 Å². The highest BCUT2D eigenvalue weighted by atomic mass is 32.1. The number of anilines is 1. The summed E-state index contributed by atoms with van der Waals surface area (Å²) in [6.45, 7) is 2.64. The minimum atomic E-state index is -0.00146. The SMILES string of the molecule is CN1CCN(c2cnn(C3CN(C(=O)c4ccc5ncsc5c4)C3)c2)C1=O. The first-order valence-corrected chi connectivity index (χ1v) is 9.67. The molecule has 0 atom stereocenters. The van der Waals surface area contributed by atoms with Gasteiger partial charge in [-0.1, -0.05) is 0 Å². The van der Waals surface area contributed by atoms with Crippen LogP contribution in [0.4, 0.5) is 10.5 Å². The zero-order valence-corrected chi connectivity index (χ0v) is 15.6. The van der Waals surface area contributed by atoms with E-state index in [4.69, 9.17) is 0 Å². The Kier molecular flexibility index (Phi) is 3.64. The van der Waals surface area contributed by atoms with Crippen molar-refractivity contribution in [1.82, 2.24) is 24.6 Å². The fourth-order valence-corrected chi connectivity index (χ4v) is 4.23. The standard InChI is InChI=1S/C18H18N6O2S/c1-21-4-5-23(18(21)26)13-7-20-24(10-13)14-8-22(9-14)17(25)12-2-3-15-16(6-12)27-11-19-15/h2-3,6-7,10-11,14H,4-5,8-9H2,1H3. The third kappa shape index (κ3) is 2.66. The quantitative estimate of drug-likeness (QED) is 0.695. The average Bonchev–Trinajstić information content (AvgIpc) is 3.34. The van der Waals surface area contributed by atoms with Gasteiger partial charge in [-0.3, -0.25) is 14.4 Å². The number of hydrogen-bond donors (Lipinski definition) is 0. The summed E-state index contributed by atoms with van der Waals surface area (Å²) >= 11 is 1.54. The van der Waals surface area contributed by atoms with Gasteiger partial charge in [0.05, 0.1) is 33.7 Å². The van der Waals surface area contributed by atoms with Crippen LogP contribution >= 0.6 is 11.3 Å². The maximum atomic E-state index is 12.7. The fourth-order valence-electron chi connectivity index (χ4n) is 3.51. The average molecular weight is 382 g/mol. The smallest absolute Gasteiger partial charge is 0.324 e. The Morgan fingerprint density at radius 3 is 2.89 bits per heavy atom. The molecular weight excluding hydrogens is 364 g/mol. The minimum Gasteiger partial charge on any atom is -0.334 e. The molecule has 2 aliphatic rings. The molecule has 2 aromatic heterocycles. The topological polar surface area (TPSA) is 74.6 Å². The molecule has 0 radical (unpaired) electrons. The molecule has 0 N–H and O–H groups in total. The Labute approximate surface area is 159 Å². The molecule has 3 aromatic rings. The van der Waals surface area contributed by atoms with Gasteiger partial charge in [-0.15, -0.1) is 11.3 Å². The predicted molar refractivity (Wildman–Crippen MR) is 102 cm³/mol. The molecule has 2 saturated heterocycles. The van der Waals surface area contributed by atoms with Gasteiger partial charge in [0.25, 0.3) is 5.91 Å². The highest BCUT2D eigenvalue weighted by molar-refractivity contribution is 7.16. The molecule has 4 heterocycles. The molecule has 0 saturated carbocycles. The van der Waals surface area contributed by atoms with Crippen LogP contribution in [0.1, 0.15) is 16.4 Å². The van der Waals surface area contributed by atoms with E-state index in [-0.39, 0.29) is 18.0 Å². The van der Waals surface area contributed by atoms with E-state index in [1.165, 1.54) is 11.3 Å². The molecule has 3 amide bonds. The van der Waals surface area contributed by atoms with Crippen LogP contribution in [-0.4, -0.2) is 69.7 Å². The van der Waals surface area contributed by atoms with Crippen LogP contribution in [0, 0.1) is 0 Å². The maximum absolute atomic E-state index is 12.7. The van der Waals surface area contributed by atoms with E-state index in [0.717, 1.165) is 22.4 Å². The minimum absolute atomic E-state index is 0.00146. The van der Waals surface area contributed by atoms with Crippen molar-refractivity contribution in [2.24, 2.45) is 0 Å². The van der Waals surface area contributed by atoms with Crippen LogP contribution in [0.5, 0.6) is 0 Å². The summed E-state index contributed by atoms with van der Waals surface area (Å²) in [5, 5.41) is 4.40. The van der Waals surface area contributed by atoms with Gasteiger partial charge in [-0.2, -0.15) is 5.10 Å². The largest absolute Gasteiger partial charge is 0.334 e. The Balaban J connectivity index is 1.25. The molecule has 0 unspecified atom stereocenters. The highest BCUT2D eigenvalue weighted by Gasteiger charge is 2.34. The van der Waals surface area contributed by atoms with Crippen molar-refractivity contribution in [1.29, 1.82) is 0 Å². The van der Waals surface area contributed by atoms with Crippen molar-refractivity contribution in [3.63, 3.8) is 0 Å². The Bertz CT molecular complexity index is 1040. The van der Waals surface area contributed by atoms with Gasteiger partial charge < -0.3 is 9.80 Å². The lowest BCUT2D eigenvalue weighted by Gasteiger charge is -2.39. The molecule has 0 aliphatic carbocycles. The number of fused-ring (bicyclic) bond motifs is 1. The first kappa shape index (κ1) is 16.2. The molecule has 9 heteroatoms. The first-order valence-electron chi connectivity index (χ1n) is 8.79. The van der Waals surface area contributed by atoms with E-state index in [2.05, 4.69) is 10.1 Å². The normalized spacial score (nSPS) is 17.8. The third-order valence-electron chi connectivity index (χ3n) is 5.22. The molecule has 0 spiro atoms. The predicted octanol–water partition coefficient (Wildman–Crippen LogP) is 2.06. The Hall–Kier alpha value is -2.94. The lowest BCUT2D eigenvalue weighted by Crippen LogP contribution is -2.50. The molecule has 5 rings (SSSR count). The number of amides is 3. The number of thiazole rings is 1. The number of aromatic nitrogens is 3. The Morgan fingerprint density at radius 2 is 2.11 bits per heavy atom. The summed E-state index contributed by atoms with van der Waals surface area (Å²) in [5.41, 5.74) is 4.21. The van der Waals surface area contributed by atoms with Crippen molar-refractivity contribution < 1.29 is 9.59 Å². The molecule has 2 fully saturated rings. The number of rotatable bonds is 3. The second kappa shape index (κ2) is 6.05. The number of nitrogens with zero attached hydrogens (tertiary/aromatic N) is 6. The summed E-state index contributed by atoms with van der Waals surface area (Å²) in [7, 11) is 1.80. The van der Waals surface area contributed by atoms with E-state index in [9.17, 15) is 9.59 Å². The van der Waals surface area contributed by atoms with Gasteiger partial charge in [-0.05, 0) is 18.2 Å². The molecule has 2 aliphatic heterocycles. The zero-order chi connectivity index (χ0) is 18.5. The summed E-state index contributed by atoms with van der Waals surface area (Å²) in [6.07, 6.45) is 3.62. The van der Waals surface area contributed by atoms with Crippen LogP contribution in [0.3, 0.4) is 0 Å². The van der Waals surface area contributed by atoms with Crippen molar-refractivity contribution in [3.8, 4) is 0 Å². The summed E-state index contributed by atoms with van der Waals surface area (Å²) < 4.78 is 2.88. The van der Waals surface area contributed by atoms with Crippen molar-refractivity contribution >= 4 is 39.2 Å². The summed E-state index contributed by atoms with van der Waals surface area (Å²) in [5.74, 6) is 0.0327. The Morgan fingerprint density at radius 1 is 1.26 bits per heavy atom. The molecule has 1 aromatic carbocycles. The summed E-state index contributed by atoms with van der Waals surface area (Å²) in [6, 6.07) is 5.77. The molecule has 0 bridgehead atoms. The zero-order valence-electron chi connectivity index (χ0n) is 14.8. The van der Waals surface area contributed by atoms with Crippen molar-refractivity contribution in [3.05, 3.63) is 41.7 Å². The van der Waals surface area contributed by atoms with Gasteiger partial charge in [0.15, 0.2) is 0 Å². The van der Waals surface area contributed by atoms with Crippen LogP contribution < -0.4 is 4.90 Å². The monoisotopic (exact) mass is 382 g/mol. The van der Waals surface area contributed by atoms with Gasteiger partial charge >= 0.3 is 6.03 Å². The lowest BCUT2D eigenvalue weighted by atomic mass is 10.1. The fraction of sp³-hybridized carbons (Fsp3) is 0.333. The van der Waals surface area contributed by atoms with Gasteiger partial charge in [0, 0.05) is 45.0 Å². The van der Waals surface area contributed by atoms with Crippen LogP contribution in [0.2, 0.25) is 0 Å². The molecule has 27 heavy (non-hydrogen) atoms. The second-order valence-corrected chi connectivity index (χ2v) is 7.82. The van der Waals surface area contributed by atoms with Crippen LogP contribution in [0.25, 0.3) is 10.2 Å². The highest BCUT2D eigenvalue weighted by Crippen LogP contribution is 2.27. The molecule has 8 nitrogen and oxygen atoms in total. The number of carbonyl (C=O) groups is 2. The second-order valence-electron chi connectivity index (χ2n) is 6.93. The van der Waals surface area contributed by atoms with E-state index in [1.807, 2.05) is 34.0 Å². The van der Waals surface area contributed by atoms with Crippen LogP contribution in [0.15, 0.2) is 36.1 Å². The molecular formula is C18H18N6O2S. The summed E-state index contributed by atoms with van der Waals surface area (Å²) in [4.78, 5) is 34.3. The lowest BCUT2D eigenvalue weighted by molar-refractivity contribution is 0.0502. The maximum Gasteiger partial charge on any atom is 0.324 e. The van der Waals surface area contributed by atoms with E-state index < -0.39 is 0 Å². The van der Waals surface area contributed by atoms with E-state index >= 15 is 0 Å². The van der Waals surface area contributed by atoms with Crippen molar-refractivity contribution in [2.75, 3.05) is 38.1 Å². The van der Waals surface area contributed by atoms with Crippen molar-refractivity contribution in [2.45, 2.75) is 6.04 Å². The van der Waals surface area contributed by atoms with Gasteiger partial charge in [-0.25, -0.2) is 9.78 Å². The number of benzene rings is 1. The number of likely N-dealkylation sites (tertiary alicyclic amines) is 1. The van der Waals surface area contributed by atoms with Gasteiger partial charge in [0.1, 0.15) is 0 Å². The third-order valence-corrected chi connectivity index (χ3v) is 6.01.